The Morgan fingerprint density at radius 3 is 2.47 bits per heavy atom. The molecule has 0 aromatic heterocycles. The number of ether oxygens (including phenoxy) is 1. The van der Waals surface area contributed by atoms with Gasteiger partial charge in [-0.2, -0.15) is 18.4 Å². The number of hydrogen-bond acceptors (Lipinski definition) is 4. The molecule has 8 heteroatoms. The van der Waals surface area contributed by atoms with E-state index in [2.05, 4.69) is 11.4 Å². The molecule has 0 bridgehead atoms. The molecule has 1 heterocycles. The van der Waals surface area contributed by atoms with E-state index in [4.69, 9.17) is 4.74 Å². The average Bonchev–Trinajstić information content (AvgIpc) is 3.04. The standard InChI is InChI=1S/C22H22F3N3O2/c1-3-11-30-21(29)27-16-8-5-14(6-9-16)20-18(13-26)17-10-7-15(22(23,24)25)12-19(17)28(20)4-2/h5-10,12,18,20H,3-4,11H2,1-2H3,(H,27,29). The second-order valence-corrected chi connectivity index (χ2v) is 6.99. The summed E-state index contributed by atoms with van der Waals surface area (Å²) in [5.41, 5.74) is 1.59. The number of likely N-dealkylation sites (N-methyl/N-ethyl adjacent to an activating group) is 1. The predicted molar refractivity (Wildman–Crippen MR) is 107 cm³/mol. The second-order valence-electron chi connectivity index (χ2n) is 6.99. The van der Waals surface area contributed by atoms with E-state index in [1.807, 2.05) is 18.7 Å². The number of amides is 1. The summed E-state index contributed by atoms with van der Waals surface area (Å²) in [6.07, 6.45) is -4.29. The summed E-state index contributed by atoms with van der Waals surface area (Å²) in [6.45, 7) is 4.50. The summed E-state index contributed by atoms with van der Waals surface area (Å²) in [4.78, 5) is 13.5. The van der Waals surface area contributed by atoms with Gasteiger partial charge in [-0.05, 0) is 48.7 Å². The predicted octanol–water partition coefficient (Wildman–Crippen LogP) is 5.85. The van der Waals surface area contributed by atoms with Gasteiger partial charge >= 0.3 is 12.3 Å². The molecule has 1 N–H and O–H groups in total. The fourth-order valence-electron chi connectivity index (χ4n) is 3.72. The van der Waals surface area contributed by atoms with Gasteiger partial charge in [-0.1, -0.05) is 25.1 Å². The molecule has 1 aliphatic heterocycles. The van der Waals surface area contributed by atoms with Crippen molar-refractivity contribution < 1.29 is 22.7 Å². The van der Waals surface area contributed by atoms with Crippen molar-refractivity contribution in [2.45, 2.75) is 38.4 Å². The van der Waals surface area contributed by atoms with Crippen LogP contribution in [0, 0.1) is 11.3 Å². The summed E-state index contributed by atoms with van der Waals surface area (Å²) in [7, 11) is 0. The van der Waals surface area contributed by atoms with Crippen molar-refractivity contribution in [3.63, 3.8) is 0 Å². The minimum absolute atomic E-state index is 0.319. The zero-order valence-corrected chi connectivity index (χ0v) is 16.7. The van der Waals surface area contributed by atoms with Crippen molar-refractivity contribution in [1.82, 2.24) is 0 Å². The molecule has 5 nitrogen and oxygen atoms in total. The van der Waals surface area contributed by atoms with Crippen LogP contribution in [0.1, 0.15) is 48.9 Å². The Hall–Kier alpha value is -3.21. The fraction of sp³-hybridized carbons (Fsp3) is 0.364. The molecule has 0 fully saturated rings. The van der Waals surface area contributed by atoms with Crippen LogP contribution in [0.5, 0.6) is 0 Å². The van der Waals surface area contributed by atoms with Gasteiger partial charge in [0.25, 0.3) is 0 Å². The lowest BCUT2D eigenvalue weighted by atomic mass is 9.91. The van der Waals surface area contributed by atoms with E-state index < -0.39 is 29.8 Å². The smallest absolute Gasteiger partial charge is 0.416 e. The van der Waals surface area contributed by atoms with Gasteiger partial charge in [0.05, 0.1) is 30.2 Å². The largest absolute Gasteiger partial charge is 0.449 e. The number of nitrogens with one attached hydrogen (secondary N) is 1. The summed E-state index contributed by atoms with van der Waals surface area (Å²) in [5.74, 6) is -0.601. The number of halogens is 3. The Balaban J connectivity index is 1.89. The Morgan fingerprint density at radius 2 is 1.90 bits per heavy atom. The Morgan fingerprint density at radius 1 is 1.20 bits per heavy atom. The highest BCUT2D eigenvalue weighted by Crippen LogP contribution is 2.50. The second kappa shape index (κ2) is 8.66. The van der Waals surface area contributed by atoms with Crippen LogP contribution in [0.4, 0.5) is 29.3 Å². The summed E-state index contributed by atoms with van der Waals surface area (Å²) in [6, 6.07) is 12.3. The van der Waals surface area contributed by atoms with Gasteiger partial charge in [-0.15, -0.1) is 0 Å². The highest BCUT2D eigenvalue weighted by molar-refractivity contribution is 5.84. The van der Waals surface area contributed by atoms with E-state index in [-0.39, 0.29) is 0 Å². The quantitative estimate of drug-likeness (QED) is 0.663. The third-order valence-electron chi connectivity index (χ3n) is 5.07. The Labute approximate surface area is 173 Å². The van der Waals surface area contributed by atoms with Crippen LogP contribution in [-0.2, 0) is 10.9 Å². The number of fused-ring (bicyclic) bond motifs is 1. The molecule has 3 rings (SSSR count). The first kappa shape index (κ1) is 21.5. The van der Waals surface area contributed by atoms with Gasteiger partial charge in [0.1, 0.15) is 0 Å². The normalized spacial score (nSPS) is 17.9. The molecule has 30 heavy (non-hydrogen) atoms. The summed E-state index contributed by atoms with van der Waals surface area (Å²) in [5, 5.41) is 12.4. The molecule has 2 aromatic carbocycles. The minimum Gasteiger partial charge on any atom is -0.449 e. The summed E-state index contributed by atoms with van der Waals surface area (Å²) >= 11 is 0. The highest BCUT2D eigenvalue weighted by Gasteiger charge is 2.41. The van der Waals surface area contributed by atoms with Gasteiger partial charge in [0, 0.05) is 17.9 Å². The van der Waals surface area contributed by atoms with Crippen molar-refractivity contribution in [2.75, 3.05) is 23.4 Å². The van der Waals surface area contributed by atoms with Crippen molar-refractivity contribution in [3.8, 4) is 6.07 Å². The van der Waals surface area contributed by atoms with Gasteiger partial charge < -0.3 is 9.64 Å². The molecule has 0 radical (unpaired) electrons. The number of rotatable bonds is 5. The molecular weight excluding hydrogens is 395 g/mol. The molecule has 1 amide bonds. The summed E-state index contributed by atoms with van der Waals surface area (Å²) < 4.78 is 44.5. The highest BCUT2D eigenvalue weighted by atomic mass is 19.4. The third kappa shape index (κ3) is 4.20. The van der Waals surface area contributed by atoms with E-state index in [0.717, 1.165) is 17.7 Å². The lowest BCUT2D eigenvalue weighted by molar-refractivity contribution is -0.137. The maximum Gasteiger partial charge on any atom is 0.416 e. The number of hydrogen-bond donors (Lipinski definition) is 1. The third-order valence-corrected chi connectivity index (χ3v) is 5.07. The van der Waals surface area contributed by atoms with Crippen LogP contribution in [0.25, 0.3) is 0 Å². The van der Waals surface area contributed by atoms with Gasteiger partial charge in [0.15, 0.2) is 0 Å². The number of nitrogens with zero attached hydrogens (tertiary/aromatic N) is 2. The van der Waals surface area contributed by atoms with Gasteiger partial charge in [-0.25, -0.2) is 4.79 Å². The molecule has 158 valence electrons. The van der Waals surface area contributed by atoms with E-state index in [1.54, 1.807) is 24.3 Å². The van der Waals surface area contributed by atoms with Crippen LogP contribution in [0.2, 0.25) is 0 Å². The molecule has 0 saturated heterocycles. The molecule has 2 aromatic rings. The maximum atomic E-state index is 13.2. The van der Waals surface area contributed by atoms with E-state index in [9.17, 15) is 23.2 Å². The molecule has 0 aliphatic carbocycles. The van der Waals surface area contributed by atoms with Crippen LogP contribution in [-0.4, -0.2) is 19.2 Å². The lowest BCUT2D eigenvalue weighted by Crippen LogP contribution is -2.26. The van der Waals surface area contributed by atoms with Crippen molar-refractivity contribution >= 4 is 17.5 Å². The first-order valence-corrected chi connectivity index (χ1v) is 9.71. The average molecular weight is 417 g/mol. The molecule has 0 saturated carbocycles. The van der Waals surface area contributed by atoms with E-state index >= 15 is 0 Å². The topological polar surface area (TPSA) is 65.4 Å². The van der Waals surface area contributed by atoms with E-state index in [1.165, 1.54) is 6.07 Å². The monoisotopic (exact) mass is 417 g/mol. The van der Waals surface area contributed by atoms with Crippen LogP contribution in [0.15, 0.2) is 42.5 Å². The van der Waals surface area contributed by atoms with E-state index in [0.29, 0.717) is 36.5 Å². The van der Waals surface area contributed by atoms with Gasteiger partial charge in [0.2, 0.25) is 0 Å². The van der Waals surface area contributed by atoms with Crippen molar-refractivity contribution in [1.29, 1.82) is 5.26 Å². The number of carbonyl (C=O) groups is 1. The fourth-order valence-corrected chi connectivity index (χ4v) is 3.72. The van der Waals surface area contributed by atoms with Crippen molar-refractivity contribution in [3.05, 3.63) is 59.2 Å². The maximum absolute atomic E-state index is 13.2. The molecule has 1 aliphatic rings. The first-order chi connectivity index (χ1) is 14.3. The number of carbonyl (C=O) groups excluding carboxylic acids is 1. The SMILES string of the molecule is CCCOC(=O)Nc1ccc(C2C(C#N)c3ccc(C(F)(F)F)cc3N2CC)cc1. The Kier molecular flexibility index (Phi) is 6.20. The van der Waals surface area contributed by atoms with Crippen molar-refractivity contribution in [2.24, 2.45) is 0 Å². The zero-order valence-electron chi connectivity index (χ0n) is 16.7. The minimum atomic E-state index is -4.45. The number of nitriles is 1. The molecular formula is C22H22F3N3O2. The van der Waals surface area contributed by atoms with Crippen LogP contribution in [0.3, 0.4) is 0 Å². The van der Waals surface area contributed by atoms with Crippen LogP contribution >= 0.6 is 0 Å². The number of anilines is 2. The molecule has 0 spiro atoms. The first-order valence-electron chi connectivity index (χ1n) is 9.71. The number of alkyl halides is 3. The lowest BCUT2D eigenvalue weighted by Gasteiger charge is -2.28. The molecule has 2 unspecified atom stereocenters. The zero-order chi connectivity index (χ0) is 21.9. The van der Waals surface area contributed by atoms with Crippen LogP contribution < -0.4 is 10.2 Å². The Bertz CT molecular complexity index is 952. The van der Waals surface area contributed by atoms with Gasteiger partial charge in [-0.3, -0.25) is 5.32 Å². The molecule has 2 atom stereocenters. The number of benzene rings is 2.